The number of halogens is 1. The smallest absolute Gasteiger partial charge is 0.226 e. The Hall–Kier alpha value is -4.24. The van der Waals surface area contributed by atoms with E-state index in [4.69, 9.17) is 16.5 Å². The predicted molar refractivity (Wildman–Crippen MR) is 141 cm³/mol. The lowest BCUT2D eigenvalue weighted by Gasteiger charge is -2.46. The minimum Gasteiger partial charge on any atom is -0.308 e. The summed E-state index contributed by atoms with van der Waals surface area (Å²) in [4.78, 5) is 31.4. The average molecular weight is 489 g/mol. The van der Waals surface area contributed by atoms with Gasteiger partial charge in [-0.2, -0.15) is 0 Å². The van der Waals surface area contributed by atoms with Crippen molar-refractivity contribution in [3.63, 3.8) is 0 Å². The summed E-state index contributed by atoms with van der Waals surface area (Å²) in [6.45, 7) is 13.6. The van der Waals surface area contributed by atoms with Gasteiger partial charge >= 0.3 is 0 Å². The number of ketones is 1. The molecule has 37 heavy (non-hydrogen) atoms. The second-order valence-corrected chi connectivity index (χ2v) is 10.3. The van der Waals surface area contributed by atoms with E-state index < -0.39 is 5.41 Å². The van der Waals surface area contributed by atoms with E-state index in [0.717, 1.165) is 39.8 Å². The maximum absolute atomic E-state index is 14.4. The van der Waals surface area contributed by atoms with Crippen LogP contribution in [0.4, 0.5) is 4.39 Å². The minimum absolute atomic E-state index is 0.0111. The molecular weight excluding hydrogens is 463 g/mol. The van der Waals surface area contributed by atoms with Gasteiger partial charge in [0.1, 0.15) is 5.82 Å². The van der Waals surface area contributed by atoms with E-state index in [0.29, 0.717) is 23.5 Å². The Morgan fingerprint density at radius 1 is 1.08 bits per heavy atom. The van der Waals surface area contributed by atoms with Crippen LogP contribution >= 0.6 is 0 Å². The van der Waals surface area contributed by atoms with Gasteiger partial charge in [0.05, 0.1) is 23.5 Å². The number of carbonyl (C=O) groups excluding carboxylic acids is 1. The van der Waals surface area contributed by atoms with Crippen molar-refractivity contribution in [2.75, 3.05) is 0 Å². The molecule has 0 bridgehead atoms. The van der Waals surface area contributed by atoms with E-state index in [2.05, 4.69) is 16.8 Å². The first-order chi connectivity index (χ1) is 17.8. The summed E-state index contributed by atoms with van der Waals surface area (Å²) in [5.41, 5.74) is 5.23. The molecule has 0 unspecified atom stereocenters. The number of pyridine rings is 1. The quantitative estimate of drug-likeness (QED) is 0.297. The zero-order chi connectivity index (χ0) is 25.9. The van der Waals surface area contributed by atoms with Crippen molar-refractivity contribution in [3.05, 3.63) is 101 Å². The molecule has 0 aliphatic heterocycles. The number of fused-ring (bicyclic) bond motifs is 4. The highest BCUT2D eigenvalue weighted by Gasteiger charge is 2.49. The first kappa shape index (κ1) is 23.2. The van der Waals surface area contributed by atoms with E-state index >= 15 is 0 Å². The van der Waals surface area contributed by atoms with Crippen LogP contribution in [0.3, 0.4) is 0 Å². The largest absolute Gasteiger partial charge is 0.308 e. The molecule has 3 atom stereocenters. The molecule has 2 heterocycles. The molecule has 0 radical (unpaired) electrons. The van der Waals surface area contributed by atoms with Crippen LogP contribution in [0.25, 0.3) is 38.4 Å². The van der Waals surface area contributed by atoms with Crippen LogP contribution in [-0.4, -0.2) is 20.7 Å². The monoisotopic (exact) mass is 488 g/mol. The highest BCUT2D eigenvalue weighted by molar-refractivity contribution is 6.00. The highest BCUT2D eigenvalue weighted by Crippen LogP contribution is 2.51. The molecule has 0 saturated carbocycles. The molecule has 182 valence electrons. The lowest BCUT2D eigenvalue weighted by molar-refractivity contribution is -0.121. The van der Waals surface area contributed by atoms with Gasteiger partial charge in [0, 0.05) is 39.1 Å². The van der Waals surface area contributed by atoms with Gasteiger partial charge in [-0.15, -0.1) is 0 Å². The Bertz CT molecular complexity index is 1680. The summed E-state index contributed by atoms with van der Waals surface area (Å²) in [5, 5.41) is 0.931. The second kappa shape index (κ2) is 8.41. The summed E-state index contributed by atoms with van der Waals surface area (Å²) < 4.78 is 14.4. The molecule has 2 aromatic carbocycles. The summed E-state index contributed by atoms with van der Waals surface area (Å²) >= 11 is 0. The van der Waals surface area contributed by atoms with Crippen molar-refractivity contribution in [3.8, 4) is 22.6 Å². The van der Waals surface area contributed by atoms with Gasteiger partial charge in [-0.3, -0.25) is 4.98 Å². The number of para-hydroxylation sites is 1. The maximum Gasteiger partial charge on any atom is 0.226 e. The predicted octanol–water partition coefficient (Wildman–Crippen LogP) is 6.65. The molecule has 0 N–H and O–H groups in total. The molecule has 6 rings (SSSR count). The fourth-order valence-electron chi connectivity index (χ4n) is 6.23. The minimum atomic E-state index is -0.627. The second-order valence-electron chi connectivity index (χ2n) is 10.3. The molecule has 2 aromatic heterocycles. The number of allylic oxidation sites excluding steroid dienone is 2. The SMILES string of the molecule is [C-]#[N+]C1=C[C@@]2(C)c3nc(-c4cc(C)nc5ccccc45)nc(-c4cccc(F)c4)c3CC[C@@H]2[C@@H](C)C1=O. The van der Waals surface area contributed by atoms with Crippen molar-refractivity contribution >= 4 is 16.7 Å². The van der Waals surface area contributed by atoms with Crippen molar-refractivity contribution in [2.24, 2.45) is 11.8 Å². The third kappa shape index (κ3) is 3.57. The van der Waals surface area contributed by atoms with Gasteiger partial charge in [-0.1, -0.05) is 50.3 Å². The normalized spacial score (nSPS) is 22.7. The first-order valence-corrected chi connectivity index (χ1v) is 12.5. The van der Waals surface area contributed by atoms with Crippen molar-refractivity contribution in [1.29, 1.82) is 0 Å². The van der Waals surface area contributed by atoms with E-state index in [1.54, 1.807) is 6.07 Å². The third-order valence-electron chi connectivity index (χ3n) is 8.00. The molecule has 0 amide bonds. The van der Waals surface area contributed by atoms with Gasteiger partial charge < -0.3 is 4.79 Å². The molecule has 2 aliphatic rings. The average Bonchev–Trinajstić information content (AvgIpc) is 2.89. The maximum atomic E-state index is 14.4. The summed E-state index contributed by atoms with van der Waals surface area (Å²) in [7, 11) is 0. The molecule has 6 heteroatoms. The first-order valence-electron chi connectivity index (χ1n) is 12.5. The van der Waals surface area contributed by atoms with Crippen LogP contribution in [-0.2, 0) is 16.6 Å². The van der Waals surface area contributed by atoms with Crippen molar-refractivity contribution < 1.29 is 9.18 Å². The fraction of sp³-hybridized carbons (Fsp3) is 0.258. The standard InChI is InChI=1S/C31H25FN4O/c1-17-14-23(21-10-5-6-11-25(21)34-17)30-35-27(19-8-7-9-20(32)15-19)22-12-13-24-18(2)28(37)26(33-4)16-31(24,3)29(22)36-30/h5-11,14-16,18,24H,12-13H2,1-3H3/t18-,24-,31-/m1/s1. The number of nitrogens with zero attached hydrogens (tertiary/aromatic N) is 4. The number of hydrogen-bond acceptors (Lipinski definition) is 4. The van der Waals surface area contributed by atoms with E-state index in [9.17, 15) is 9.18 Å². The molecular formula is C31H25FN4O. The lowest BCUT2D eigenvalue weighted by atomic mass is 9.58. The number of aromatic nitrogens is 3. The van der Waals surface area contributed by atoms with E-state index in [-0.39, 0.29) is 29.1 Å². The van der Waals surface area contributed by atoms with Crippen LogP contribution in [0.5, 0.6) is 0 Å². The fourth-order valence-corrected chi connectivity index (χ4v) is 6.23. The van der Waals surface area contributed by atoms with Crippen molar-refractivity contribution in [2.45, 2.75) is 39.0 Å². The van der Waals surface area contributed by atoms with Gasteiger partial charge in [-0.05, 0) is 49.9 Å². The van der Waals surface area contributed by atoms with Gasteiger partial charge in [0.25, 0.3) is 0 Å². The van der Waals surface area contributed by atoms with E-state index in [1.165, 1.54) is 12.1 Å². The molecule has 0 fully saturated rings. The Labute approximate surface area is 214 Å². The van der Waals surface area contributed by atoms with E-state index in [1.807, 2.05) is 56.3 Å². The molecule has 4 aromatic rings. The van der Waals surface area contributed by atoms with Crippen LogP contribution < -0.4 is 0 Å². The van der Waals surface area contributed by atoms with Gasteiger partial charge in [0.15, 0.2) is 11.6 Å². The number of carbonyl (C=O) groups is 1. The summed E-state index contributed by atoms with van der Waals surface area (Å²) in [6.07, 6.45) is 3.25. The Morgan fingerprint density at radius 3 is 2.68 bits per heavy atom. The number of benzene rings is 2. The molecule has 0 spiro atoms. The molecule has 5 nitrogen and oxygen atoms in total. The zero-order valence-electron chi connectivity index (χ0n) is 20.9. The summed E-state index contributed by atoms with van der Waals surface area (Å²) in [5.74, 6) is -0.173. The highest BCUT2D eigenvalue weighted by atomic mass is 19.1. The summed E-state index contributed by atoms with van der Waals surface area (Å²) in [6, 6.07) is 16.4. The van der Waals surface area contributed by atoms with Crippen molar-refractivity contribution in [1.82, 2.24) is 15.0 Å². The van der Waals surface area contributed by atoms with Crippen LogP contribution in [0.15, 0.2) is 66.4 Å². The van der Waals surface area contributed by atoms with Gasteiger partial charge in [0.2, 0.25) is 5.70 Å². The van der Waals surface area contributed by atoms with Gasteiger partial charge in [-0.25, -0.2) is 19.2 Å². The Morgan fingerprint density at radius 2 is 1.89 bits per heavy atom. The number of Topliss-reactive ketones (excluding diaryl/α,β-unsaturated/α-hetero) is 1. The molecule has 0 saturated heterocycles. The van der Waals surface area contributed by atoms with Crippen LogP contribution in [0, 0.1) is 31.1 Å². The Balaban J connectivity index is 1.70. The van der Waals surface area contributed by atoms with Crippen LogP contribution in [0.1, 0.15) is 37.2 Å². The number of rotatable bonds is 2. The van der Waals surface area contributed by atoms with Crippen LogP contribution in [0.2, 0.25) is 0 Å². The number of hydrogen-bond donors (Lipinski definition) is 0. The Kier molecular flexibility index (Phi) is 5.27. The lowest BCUT2D eigenvalue weighted by Crippen LogP contribution is -2.46. The molecule has 2 aliphatic carbocycles. The third-order valence-corrected chi connectivity index (χ3v) is 8.00. The number of aryl methyl sites for hydroxylation is 1. The zero-order valence-corrected chi connectivity index (χ0v) is 20.9. The topological polar surface area (TPSA) is 60.1 Å².